The summed E-state index contributed by atoms with van der Waals surface area (Å²) >= 11 is 0. The van der Waals surface area contributed by atoms with Gasteiger partial charge >= 0.3 is 0 Å². The third kappa shape index (κ3) is 1.89. The predicted molar refractivity (Wildman–Crippen MR) is 73.2 cm³/mol. The molecule has 96 valence electrons. The van der Waals surface area contributed by atoms with Gasteiger partial charge in [0.15, 0.2) is 5.88 Å². The van der Waals surface area contributed by atoms with E-state index in [0.717, 1.165) is 22.2 Å². The summed E-state index contributed by atoms with van der Waals surface area (Å²) in [6.07, 6.45) is 1.58. The number of aromatic hydroxyl groups is 1. The maximum atomic E-state index is 9.89. The van der Waals surface area contributed by atoms with Crippen LogP contribution in [0.4, 0.5) is 5.88 Å². The molecule has 5 heteroatoms. The minimum Gasteiger partial charge on any atom is -0.494 e. The molecular weight excluding hydrogens is 242 g/mol. The van der Waals surface area contributed by atoms with Crippen molar-refractivity contribution in [3.8, 4) is 5.88 Å². The SMILES string of the molecule is Cc1noc(/N=C/c2c(O)[nH]c3ccccc23)c1C. The largest absolute Gasteiger partial charge is 0.494 e. The van der Waals surface area contributed by atoms with E-state index >= 15 is 0 Å². The molecule has 0 atom stereocenters. The number of hydrogen-bond donors (Lipinski definition) is 2. The molecule has 3 rings (SSSR count). The van der Waals surface area contributed by atoms with E-state index in [1.807, 2.05) is 38.1 Å². The molecule has 19 heavy (non-hydrogen) atoms. The van der Waals surface area contributed by atoms with E-state index in [4.69, 9.17) is 4.52 Å². The minimum atomic E-state index is 0.0961. The highest BCUT2D eigenvalue weighted by molar-refractivity contribution is 6.02. The molecule has 0 unspecified atom stereocenters. The summed E-state index contributed by atoms with van der Waals surface area (Å²) in [5, 5.41) is 14.7. The molecular formula is C14H13N3O2. The van der Waals surface area contributed by atoms with Crippen LogP contribution in [0, 0.1) is 13.8 Å². The molecule has 1 aromatic carbocycles. The van der Waals surface area contributed by atoms with E-state index in [0.29, 0.717) is 11.4 Å². The lowest BCUT2D eigenvalue weighted by molar-refractivity contribution is 0.425. The van der Waals surface area contributed by atoms with E-state index in [1.54, 1.807) is 6.21 Å². The zero-order valence-electron chi connectivity index (χ0n) is 10.6. The molecule has 0 bridgehead atoms. The molecule has 0 aliphatic carbocycles. The molecule has 2 N–H and O–H groups in total. The maximum absolute atomic E-state index is 9.89. The second kappa shape index (κ2) is 4.28. The van der Waals surface area contributed by atoms with Gasteiger partial charge in [0.05, 0.1) is 11.3 Å². The van der Waals surface area contributed by atoms with Crippen molar-refractivity contribution in [2.75, 3.05) is 0 Å². The summed E-state index contributed by atoms with van der Waals surface area (Å²) in [7, 11) is 0. The topological polar surface area (TPSA) is 74.4 Å². The van der Waals surface area contributed by atoms with Crippen molar-refractivity contribution in [1.29, 1.82) is 0 Å². The number of aryl methyl sites for hydroxylation is 1. The van der Waals surface area contributed by atoms with Crippen LogP contribution in [0.2, 0.25) is 0 Å². The molecule has 2 aromatic heterocycles. The normalized spacial score (nSPS) is 11.7. The van der Waals surface area contributed by atoms with E-state index in [9.17, 15) is 5.11 Å². The number of para-hydroxylation sites is 1. The fourth-order valence-corrected chi connectivity index (χ4v) is 1.93. The molecule has 0 aliphatic heterocycles. The summed E-state index contributed by atoms with van der Waals surface area (Å²) in [4.78, 5) is 7.15. The summed E-state index contributed by atoms with van der Waals surface area (Å²) in [5.74, 6) is 0.557. The second-order valence-electron chi connectivity index (χ2n) is 4.39. The van der Waals surface area contributed by atoms with Crippen LogP contribution >= 0.6 is 0 Å². The predicted octanol–water partition coefficient (Wildman–Crippen LogP) is 3.23. The van der Waals surface area contributed by atoms with Crippen LogP contribution in [0.1, 0.15) is 16.8 Å². The highest BCUT2D eigenvalue weighted by Gasteiger charge is 2.10. The van der Waals surface area contributed by atoms with Crippen LogP contribution in [0.3, 0.4) is 0 Å². The van der Waals surface area contributed by atoms with Crippen molar-refractivity contribution in [3.63, 3.8) is 0 Å². The Morgan fingerprint density at radius 1 is 1.32 bits per heavy atom. The van der Waals surface area contributed by atoms with Gasteiger partial charge in [-0.3, -0.25) is 0 Å². The summed E-state index contributed by atoms with van der Waals surface area (Å²) in [6, 6.07) is 7.64. The smallest absolute Gasteiger partial charge is 0.253 e. The molecule has 0 aliphatic rings. The van der Waals surface area contributed by atoms with E-state index < -0.39 is 0 Å². The standard InChI is InChI=1S/C14H13N3O2/c1-8-9(2)17-19-14(8)15-7-11-10-5-3-4-6-12(10)16-13(11)18/h3-7,16,18H,1-2H3/b15-7+. The van der Waals surface area contributed by atoms with Gasteiger partial charge in [-0.05, 0) is 19.9 Å². The van der Waals surface area contributed by atoms with E-state index in [1.165, 1.54) is 0 Å². The number of aromatic nitrogens is 2. The number of benzene rings is 1. The summed E-state index contributed by atoms with van der Waals surface area (Å²) in [5.41, 5.74) is 3.22. The van der Waals surface area contributed by atoms with Crippen LogP contribution in [0.5, 0.6) is 5.88 Å². The summed E-state index contributed by atoms with van der Waals surface area (Å²) < 4.78 is 5.11. The zero-order valence-corrected chi connectivity index (χ0v) is 10.6. The molecule has 0 saturated carbocycles. The maximum Gasteiger partial charge on any atom is 0.253 e. The molecule has 5 nitrogen and oxygen atoms in total. The lowest BCUT2D eigenvalue weighted by Gasteiger charge is -1.91. The first-order chi connectivity index (χ1) is 9.16. The highest BCUT2D eigenvalue weighted by Crippen LogP contribution is 2.27. The van der Waals surface area contributed by atoms with Crippen LogP contribution < -0.4 is 0 Å². The number of nitrogens with one attached hydrogen (secondary N) is 1. The average molecular weight is 255 g/mol. The Kier molecular flexibility index (Phi) is 2.59. The third-order valence-electron chi connectivity index (χ3n) is 3.17. The van der Waals surface area contributed by atoms with Gasteiger partial charge in [-0.25, -0.2) is 4.99 Å². The lowest BCUT2D eigenvalue weighted by Crippen LogP contribution is -1.79. The second-order valence-corrected chi connectivity index (χ2v) is 4.39. The number of aliphatic imine (C=N–C) groups is 1. The molecule has 0 radical (unpaired) electrons. The van der Waals surface area contributed by atoms with Crippen molar-refractivity contribution >= 4 is 23.0 Å². The first kappa shape index (κ1) is 11.5. The van der Waals surface area contributed by atoms with Gasteiger partial charge in [-0.1, -0.05) is 23.4 Å². The first-order valence-electron chi connectivity index (χ1n) is 5.93. The molecule has 0 fully saturated rings. The molecule has 0 amide bonds. The molecule has 0 spiro atoms. The van der Waals surface area contributed by atoms with Gasteiger partial charge in [0.2, 0.25) is 0 Å². The Morgan fingerprint density at radius 3 is 2.84 bits per heavy atom. The van der Waals surface area contributed by atoms with Gasteiger partial charge in [0.25, 0.3) is 5.88 Å². The van der Waals surface area contributed by atoms with Gasteiger partial charge in [0.1, 0.15) is 0 Å². The van der Waals surface area contributed by atoms with Gasteiger partial charge < -0.3 is 14.6 Å². The van der Waals surface area contributed by atoms with Crippen molar-refractivity contribution in [1.82, 2.24) is 10.1 Å². The van der Waals surface area contributed by atoms with Crippen molar-refractivity contribution in [2.24, 2.45) is 4.99 Å². The number of fused-ring (bicyclic) bond motifs is 1. The molecule has 0 saturated heterocycles. The lowest BCUT2D eigenvalue weighted by atomic mass is 10.2. The fourth-order valence-electron chi connectivity index (χ4n) is 1.93. The third-order valence-corrected chi connectivity index (χ3v) is 3.17. The van der Waals surface area contributed by atoms with E-state index in [2.05, 4.69) is 15.1 Å². The highest BCUT2D eigenvalue weighted by atomic mass is 16.5. The molecule has 3 aromatic rings. The van der Waals surface area contributed by atoms with Crippen molar-refractivity contribution in [2.45, 2.75) is 13.8 Å². The van der Waals surface area contributed by atoms with Crippen LogP contribution in [0.15, 0.2) is 33.8 Å². The Labute approximate surface area is 109 Å². The van der Waals surface area contributed by atoms with Crippen molar-refractivity contribution in [3.05, 3.63) is 41.1 Å². The van der Waals surface area contributed by atoms with Crippen LogP contribution in [-0.4, -0.2) is 21.5 Å². The van der Waals surface area contributed by atoms with Crippen LogP contribution in [-0.2, 0) is 0 Å². The Bertz CT molecular complexity index is 768. The monoisotopic (exact) mass is 255 g/mol. The Morgan fingerprint density at radius 2 is 2.11 bits per heavy atom. The van der Waals surface area contributed by atoms with Gasteiger partial charge in [0, 0.05) is 22.7 Å². The number of hydrogen-bond acceptors (Lipinski definition) is 4. The summed E-state index contributed by atoms with van der Waals surface area (Å²) in [6.45, 7) is 3.76. The van der Waals surface area contributed by atoms with Gasteiger partial charge in [-0.2, -0.15) is 0 Å². The van der Waals surface area contributed by atoms with Crippen molar-refractivity contribution < 1.29 is 9.63 Å². The Hall–Kier alpha value is -2.56. The van der Waals surface area contributed by atoms with Crippen LogP contribution in [0.25, 0.3) is 10.9 Å². The number of aromatic amines is 1. The first-order valence-corrected chi connectivity index (χ1v) is 5.93. The van der Waals surface area contributed by atoms with Gasteiger partial charge in [-0.15, -0.1) is 0 Å². The quantitative estimate of drug-likeness (QED) is 0.690. The average Bonchev–Trinajstić information content (AvgIpc) is 2.89. The minimum absolute atomic E-state index is 0.0961. The van der Waals surface area contributed by atoms with E-state index in [-0.39, 0.29) is 5.88 Å². The Balaban J connectivity index is 2.06. The number of rotatable bonds is 2. The molecule has 2 heterocycles. The zero-order chi connectivity index (χ0) is 13.4. The number of nitrogens with zero attached hydrogens (tertiary/aromatic N) is 2. The number of H-pyrrole nitrogens is 1. The fraction of sp³-hybridized carbons (Fsp3) is 0.143.